The molecule has 5 heteroatoms. The van der Waals surface area contributed by atoms with Crippen LogP contribution in [0.3, 0.4) is 0 Å². The van der Waals surface area contributed by atoms with Gasteiger partial charge < -0.3 is 9.64 Å². The second kappa shape index (κ2) is 5.27. The Morgan fingerprint density at radius 3 is 2.79 bits per heavy atom. The van der Waals surface area contributed by atoms with Gasteiger partial charge in [0.05, 0.1) is 11.6 Å². The van der Waals surface area contributed by atoms with Gasteiger partial charge in [-0.1, -0.05) is 0 Å². The van der Waals surface area contributed by atoms with E-state index in [-0.39, 0.29) is 23.3 Å². The van der Waals surface area contributed by atoms with Crippen LogP contribution in [0.15, 0.2) is 18.2 Å². The molecule has 1 unspecified atom stereocenters. The number of ether oxygens (including phenoxy) is 1. The lowest BCUT2D eigenvalue weighted by Crippen LogP contribution is -2.36. The van der Waals surface area contributed by atoms with Gasteiger partial charge >= 0.3 is 0 Å². The number of nitriles is 1. The predicted octanol–water partition coefficient (Wildman–Crippen LogP) is 2.09. The molecule has 0 saturated carbocycles. The molecule has 1 aromatic rings. The van der Waals surface area contributed by atoms with Crippen LogP contribution < -0.4 is 4.74 Å². The first-order valence-corrected chi connectivity index (χ1v) is 6.19. The van der Waals surface area contributed by atoms with Crippen LogP contribution in [-0.4, -0.2) is 29.5 Å². The summed E-state index contributed by atoms with van der Waals surface area (Å²) in [6, 6.07) is 5.93. The fraction of sp³-hybridized carbons (Fsp3) is 0.429. The van der Waals surface area contributed by atoms with Crippen molar-refractivity contribution in [3.63, 3.8) is 0 Å². The van der Waals surface area contributed by atoms with Gasteiger partial charge in [-0.3, -0.25) is 4.79 Å². The fourth-order valence-electron chi connectivity index (χ4n) is 2.12. The van der Waals surface area contributed by atoms with E-state index in [2.05, 4.69) is 0 Å². The average molecular weight is 262 g/mol. The van der Waals surface area contributed by atoms with Crippen molar-refractivity contribution in [1.82, 2.24) is 4.90 Å². The number of halogens is 1. The molecule has 100 valence electrons. The van der Waals surface area contributed by atoms with Crippen LogP contribution in [0.4, 0.5) is 4.39 Å². The van der Waals surface area contributed by atoms with Crippen molar-refractivity contribution in [1.29, 1.82) is 5.26 Å². The van der Waals surface area contributed by atoms with Crippen LogP contribution in [0.5, 0.6) is 5.75 Å². The summed E-state index contributed by atoms with van der Waals surface area (Å²) in [6.45, 7) is 4.49. The van der Waals surface area contributed by atoms with Gasteiger partial charge in [-0.2, -0.15) is 5.26 Å². The Morgan fingerprint density at radius 2 is 2.26 bits per heavy atom. The van der Waals surface area contributed by atoms with Crippen molar-refractivity contribution in [3.8, 4) is 11.8 Å². The molecule has 0 N–H and O–H groups in total. The number of carbonyl (C=O) groups is 1. The van der Waals surface area contributed by atoms with E-state index >= 15 is 0 Å². The molecule has 4 nitrogen and oxygen atoms in total. The Labute approximate surface area is 111 Å². The highest BCUT2D eigenvalue weighted by atomic mass is 19.1. The molecule has 1 atom stereocenters. The summed E-state index contributed by atoms with van der Waals surface area (Å²) in [5, 5.41) is 8.66. The summed E-state index contributed by atoms with van der Waals surface area (Å²) in [5.74, 6) is -0.712. The van der Waals surface area contributed by atoms with Gasteiger partial charge in [0, 0.05) is 19.0 Å². The van der Waals surface area contributed by atoms with Crippen LogP contribution in [0.25, 0.3) is 0 Å². The van der Waals surface area contributed by atoms with E-state index in [1.807, 2.05) is 19.9 Å². The zero-order valence-electron chi connectivity index (χ0n) is 10.9. The minimum Gasteiger partial charge on any atom is -0.477 e. The molecule has 1 aliphatic rings. The maximum absolute atomic E-state index is 13.7. The number of benzene rings is 1. The van der Waals surface area contributed by atoms with Gasteiger partial charge in [0.15, 0.2) is 17.7 Å². The third-order valence-electron chi connectivity index (χ3n) is 3.14. The Morgan fingerprint density at radius 1 is 1.53 bits per heavy atom. The Balaban J connectivity index is 2.11. The molecule has 1 amide bonds. The van der Waals surface area contributed by atoms with Crippen LogP contribution >= 0.6 is 0 Å². The van der Waals surface area contributed by atoms with E-state index in [0.29, 0.717) is 13.0 Å². The number of amides is 1. The van der Waals surface area contributed by atoms with Crippen molar-refractivity contribution in [2.75, 3.05) is 6.54 Å². The Hall–Kier alpha value is -2.09. The standard InChI is InChI=1S/C14H15FN2O2/c1-9(2)17-6-5-13(14(17)18)19-12-4-3-10(8-16)7-11(12)15/h3-4,7,9,13H,5-6H2,1-2H3. The van der Waals surface area contributed by atoms with E-state index in [1.54, 1.807) is 4.90 Å². The molecular weight excluding hydrogens is 247 g/mol. The van der Waals surface area contributed by atoms with Crippen LogP contribution in [-0.2, 0) is 4.79 Å². The number of likely N-dealkylation sites (tertiary alicyclic amines) is 1. The SMILES string of the molecule is CC(C)N1CCC(Oc2ccc(C#N)cc2F)C1=O. The Kier molecular flexibility index (Phi) is 3.70. The molecule has 1 saturated heterocycles. The molecule has 0 spiro atoms. The van der Waals surface area contributed by atoms with E-state index in [9.17, 15) is 9.18 Å². The van der Waals surface area contributed by atoms with Crippen molar-refractivity contribution >= 4 is 5.91 Å². The third kappa shape index (κ3) is 2.68. The predicted molar refractivity (Wildman–Crippen MR) is 67.0 cm³/mol. The third-order valence-corrected chi connectivity index (χ3v) is 3.14. The van der Waals surface area contributed by atoms with Gasteiger partial charge in [-0.15, -0.1) is 0 Å². The van der Waals surface area contributed by atoms with Gasteiger partial charge in [-0.05, 0) is 32.0 Å². The smallest absolute Gasteiger partial charge is 0.263 e. The summed E-state index contributed by atoms with van der Waals surface area (Å²) in [6.07, 6.45) is -0.0824. The molecule has 19 heavy (non-hydrogen) atoms. The molecular formula is C14H15FN2O2. The van der Waals surface area contributed by atoms with Crippen LogP contribution in [0.1, 0.15) is 25.8 Å². The second-order valence-corrected chi connectivity index (χ2v) is 4.78. The quantitative estimate of drug-likeness (QED) is 0.838. The van der Waals surface area contributed by atoms with Crippen molar-refractivity contribution in [2.24, 2.45) is 0 Å². The first kappa shape index (κ1) is 13.3. The molecule has 0 radical (unpaired) electrons. The summed E-state index contributed by atoms with van der Waals surface area (Å²) >= 11 is 0. The van der Waals surface area contributed by atoms with E-state index in [4.69, 9.17) is 10.00 Å². The molecule has 1 heterocycles. The van der Waals surface area contributed by atoms with Gasteiger partial charge in [0.2, 0.25) is 0 Å². The summed E-state index contributed by atoms with van der Waals surface area (Å²) in [5.41, 5.74) is 0.228. The minimum atomic E-state index is -0.634. The summed E-state index contributed by atoms with van der Waals surface area (Å²) in [4.78, 5) is 13.7. The van der Waals surface area contributed by atoms with Crippen LogP contribution in [0.2, 0.25) is 0 Å². The summed E-state index contributed by atoms with van der Waals surface area (Å²) in [7, 11) is 0. The number of carbonyl (C=O) groups excluding carboxylic acids is 1. The molecule has 1 fully saturated rings. The lowest BCUT2D eigenvalue weighted by atomic mass is 10.2. The first-order chi connectivity index (χ1) is 9.02. The topological polar surface area (TPSA) is 53.3 Å². The number of nitrogens with zero attached hydrogens (tertiary/aromatic N) is 2. The molecule has 2 rings (SSSR count). The van der Waals surface area contributed by atoms with E-state index in [1.165, 1.54) is 12.1 Å². The molecule has 0 bridgehead atoms. The van der Waals surface area contributed by atoms with Gasteiger partial charge in [0.25, 0.3) is 5.91 Å². The highest BCUT2D eigenvalue weighted by Crippen LogP contribution is 2.24. The van der Waals surface area contributed by atoms with Crippen LogP contribution in [0, 0.1) is 17.1 Å². The normalized spacial score (nSPS) is 18.8. The first-order valence-electron chi connectivity index (χ1n) is 6.19. The monoisotopic (exact) mass is 262 g/mol. The zero-order chi connectivity index (χ0) is 14.0. The van der Waals surface area contributed by atoms with Crippen molar-refractivity contribution < 1.29 is 13.9 Å². The number of hydrogen-bond donors (Lipinski definition) is 0. The largest absolute Gasteiger partial charge is 0.477 e. The highest BCUT2D eigenvalue weighted by molar-refractivity contribution is 5.83. The molecule has 1 aliphatic heterocycles. The summed E-state index contributed by atoms with van der Waals surface area (Å²) < 4.78 is 19.1. The molecule has 1 aromatic carbocycles. The van der Waals surface area contributed by atoms with Gasteiger partial charge in [-0.25, -0.2) is 4.39 Å². The molecule has 0 aromatic heterocycles. The van der Waals surface area contributed by atoms with Crippen molar-refractivity contribution in [2.45, 2.75) is 32.4 Å². The Bertz CT molecular complexity index is 537. The highest BCUT2D eigenvalue weighted by Gasteiger charge is 2.35. The lowest BCUT2D eigenvalue weighted by Gasteiger charge is -2.21. The number of rotatable bonds is 3. The zero-order valence-corrected chi connectivity index (χ0v) is 10.9. The van der Waals surface area contributed by atoms with E-state index in [0.717, 1.165) is 6.07 Å². The maximum atomic E-state index is 13.7. The number of hydrogen-bond acceptors (Lipinski definition) is 3. The van der Waals surface area contributed by atoms with Crippen molar-refractivity contribution in [3.05, 3.63) is 29.6 Å². The minimum absolute atomic E-state index is 0.0166. The average Bonchev–Trinajstić information content (AvgIpc) is 2.73. The second-order valence-electron chi connectivity index (χ2n) is 4.78. The van der Waals surface area contributed by atoms with Gasteiger partial charge in [0.1, 0.15) is 0 Å². The lowest BCUT2D eigenvalue weighted by molar-refractivity contribution is -0.134. The fourth-order valence-corrected chi connectivity index (χ4v) is 2.12. The van der Waals surface area contributed by atoms with E-state index < -0.39 is 11.9 Å². The molecule has 0 aliphatic carbocycles. The maximum Gasteiger partial charge on any atom is 0.263 e.